The quantitative estimate of drug-likeness (QED) is 0.637. The van der Waals surface area contributed by atoms with Gasteiger partial charge in [-0.3, -0.25) is 0 Å². The van der Waals surface area contributed by atoms with Gasteiger partial charge in [0, 0.05) is 0 Å². The van der Waals surface area contributed by atoms with Crippen LogP contribution in [0.1, 0.15) is 0 Å². The maximum absolute atomic E-state index is 5.31. The highest BCUT2D eigenvalue weighted by Gasteiger charge is 2.11. The number of fused-ring (bicyclic) bond motifs is 1. The first-order chi connectivity index (χ1) is 8.47. The van der Waals surface area contributed by atoms with Crippen LogP contribution in [0.3, 0.4) is 0 Å². The normalized spacial score (nSPS) is 27.5. The van der Waals surface area contributed by atoms with Gasteiger partial charge in [-0.1, -0.05) is 42.5 Å². The summed E-state index contributed by atoms with van der Waals surface area (Å²) in [5.74, 6) is 0.649. The van der Waals surface area contributed by atoms with Gasteiger partial charge in [0.2, 0.25) is 0 Å². The van der Waals surface area contributed by atoms with Crippen molar-refractivity contribution in [2.24, 2.45) is 4.99 Å². The Hall–Kier alpha value is -2.29. The predicted octanol–water partition coefficient (Wildman–Crippen LogP) is 3.03. The first-order valence-corrected chi connectivity index (χ1v) is 5.33. The standard InChI is InChI=1S/C14H13NO2/c1-2-4-6-8-10-16-11-14-13(15-12-17-14)9-7-5-3-1/h1-11H,12H2/b2-1?,5-3+,6-4?,9-7+,10-8+,14-11+. The van der Waals surface area contributed by atoms with Gasteiger partial charge < -0.3 is 9.47 Å². The van der Waals surface area contributed by atoms with Crippen molar-refractivity contribution < 1.29 is 9.47 Å². The summed E-state index contributed by atoms with van der Waals surface area (Å²) in [6.45, 7) is 0.349. The number of aliphatic imine (C=N–C) groups is 1. The SMILES string of the molecule is C1=C/C=C/C=C/C2=NCO/C2=C/O/C=C/C=C1. The Morgan fingerprint density at radius 3 is 2.41 bits per heavy atom. The molecule has 0 aromatic heterocycles. The molecular formula is C14H13NO2. The molecule has 2 heterocycles. The summed E-state index contributed by atoms with van der Waals surface area (Å²) in [5, 5.41) is 0. The fourth-order valence-corrected chi connectivity index (χ4v) is 1.28. The zero-order chi connectivity index (χ0) is 11.8. The molecule has 0 fully saturated rings. The lowest BCUT2D eigenvalue weighted by atomic mass is 10.3. The Balaban J connectivity index is 2.17. The molecule has 2 aliphatic heterocycles. The Labute approximate surface area is 100 Å². The first-order valence-electron chi connectivity index (χ1n) is 5.33. The molecule has 0 aromatic carbocycles. The highest BCUT2D eigenvalue weighted by atomic mass is 16.5. The summed E-state index contributed by atoms with van der Waals surface area (Å²) in [7, 11) is 0. The van der Waals surface area contributed by atoms with Crippen molar-refractivity contribution in [2.75, 3.05) is 6.73 Å². The molecular weight excluding hydrogens is 214 g/mol. The zero-order valence-corrected chi connectivity index (χ0v) is 9.32. The molecule has 0 amide bonds. The maximum Gasteiger partial charge on any atom is 0.182 e. The van der Waals surface area contributed by atoms with Crippen molar-refractivity contribution >= 4 is 5.71 Å². The largest absolute Gasteiger partial charge is 0.469 e. The molecule has 0 radical (unpaired) electrons. The molecule has 0 atom stereocenters. The molecule has 0 bridgehead atoms. The number of allylic oxidation sites excluding steroid dienone is 9. The molecule has 0 saturated carbocycles. The van der Waals surface area contributed by atoms with E-state index in [0.717, 1.165) is 5.71 Å². The van der Waals surface area contributed by atoms with Gasteiger partial charge in [-0.05, 0) is 12.2 Å². The van der Waals surface area contributed by atoms with Gasteiger partial charge in [-0.25, -0.2) is 4.99 Å². The van der Waals surface area contributed by atoms with Gasteiger partial charge in [0.25, 0.3) is 0 Å². The summed E-state index contributed by atoms with van der Waals surface area (Å²) in [6, 6.07) is 0. The van der Waals surface area contributed by atoms with Crippen LogP contribution >= 0.6 is 0 Å². The lowest BCUT2D eigenvalue weighted by Crippen LogP contribution is -1.94. The number of hydrogen-bond acceptors (Lipinski definition) is 3. The van der Waals surface area contributed by atoms with Crippen LogP contribution in [0.15, 0.2) is 78.0 Å². The van der Waals surface area contributed by atoms with Crippen molar-refractivity contribution in [1.29, 1.82) is 0 Å². The van der Waals surface area contributed by atoms with Crippen LogP contribution < -0.4 is 0 Å². The molecule has 0 aliphatic carbocycles. The van der Waals surface area contributed by atoms with E-state index in [9.17, 15) is 0 Å². The van der Waals surface area contributed by atoms with E-state index in [4.69, 9.17) is 9.47 Å². The molecule has 86 valence electrons. The third-order valence-corrected chi connectivity index (χ3v) is 2.07. The van der Waals surface area contributed by atoms with Crippen LogP contribution in [0.5, 0.6) is 0 Å². The number of rotatable bonds is 0. The smallest absolute Gasteiger partial charge is 0.182 e. The topological polar surface area (TPSA) is 30.8 Å². The summed E-state index contributed by atoms with van der Waals surface area (Å²) < 4.78 is 10.5. The highest BCUT2D eigenvalue weighted by Crippen LogP contribution is 2.11. The average Bonchev–Trinajstić information content (AvgIpc) is 2.78. The number of hydrogen-bond donors (Lipinski definition) is 0. The molecule has 2 aliphatic rings. The van der Waals surface area contributed by atoms with Gasteiger partial charge in [0.05, 0.1) is 6.26 Å². The van der Waals surface area contributed by atoms with E-state index in [1.54, 1.807) is 18.6 Å². The third-order valence-electron chi connectivity index (χ3n) is 2.07. The summed E-state index contributed by atoms with van der Waals surface area (Å²) in [5.41, 5.74) is 0.791. The van der Waals surface area contributed by atoms with E-state index < -0.39 is 0 Å². The second-order valence-electron chi connectivity index (χ2n) is 3.28. The fourth-order valence-electron chi connectivity index (χ4n) is 1.28. The number of nitrogens with zero attached hydrogens (tertiary/aromatic N) is 1. The predicted molar refractivity (Wildman–Crippen MR) is 68.3 cm³/mol. The highest BCUT2D eigenvalue weighted by molar-refractivity contribution is 6.07. The van der Waals surface area contributed by atoms with E-state index in [0.29, 0.717) is 12.5 Å². The Bertz CT molecular complexity index is 463. The fraction of sp³-hybridized carbons (Fsp3) is 0.0714. The summed E-state index contributed by atoms with van der Waals surface area (Å²) >= 11 is 0. The molecule has 0 spiro atoms. The van der Waals surface area contributed by atoms with Crippen LogP contribution in [0.2, 0.25) is 0 Å². The molecule has 2 rings (SSSR count). The Morgan fingerprint density at radius 1 is 0.882 bits per heavy atom. The Kier molecular flexibility index (Phi) is 4.17. The van der Waals surface area contributed by atoms with Crippen molar-refractivity contribution in [3.05, 3.63) is 73.0 Å². The van der Waals surface area contributed by atoms with Gasteiger partial charge in [-0.2, -0.15) is 0 Å². The van der Waals surface area contributed by atoms with Crippen molar-refractivity contribution in [3.8, 4) is 0 Å². The van der Waals surface area contributed by atoms with Crippen molar-refractivity contribution in [1.82, 2.24) is 0 Å². The van der Waals surface area contributed by atoms with Crippen LogP contribution in [-0.2, 0) is 9.47 Å². The van der Waals surface area contributed by atoms with E-state index >= 15 is 0 Å². The lowest BCUT2D eigenvalue weighted by Gasteiger charge is -1.97. The molecule has 0 N–H and O–H groups in total. The third kappa shape index (κ3) is 3.65. The summed E-state index contributed by atoms with van der Waals surface area (Å²) in [4.78, 5) is 4.20. The molecule has 3 heteroatoms. The van der Waals surface area contributed by atoms with Crippen LogP contribution in [0, 0.1) is 0 Å². The first kappa shape index (κ1) is 11.2. The zero-order valence-electron chi connectivity index (χ0n) is 9.32. The van der Waals surface area contributed by atoms with Gasteiger partial charge in [-0.15, -0.1) is 0 Å². The molecule has 0 unspecified atom stereocenters. The Morgan fingerprint density at radius 2 is 1.59 bits per heavy atom. The van der Waals surface area contributed by atoms with Crippen LogP contribution in [0.25, 0.3) is 0 Å². The van der Waals surface area contributed by atoms with Gasteiger partial charge in [0.1, 0.15) is 12.0 Å². The molecule has 0 aromatic rings. The molecule has 17 heavy (non-hydrogen) atoms. The monoisotopic (exact) mass is 227 g/mol. The minimum atomic E-state index is 0.349. The van der Waals surface area contributed by atoms with Crippen LogP contribution in [0.4, 0.5) is 0 Å². The second kappa shape index (κ2) is 6.33. The second-order valence-corrected chi connectivity index (χ2v) is 3.28. The van der Waals surface area contributed by atoms with E-state index in [1.807, 2.05) is 48.6 Å². The maximum atomic E-state index is 5.31. The van der Waals surface area contributed by atoms with Crippen molar-refractivity contribution in [2.45, 2.75) is 0 Å². The molecule has 0 saturated heterocycles. The van der Waals surface area contributed by atoms with E-state index in [-0.39, 0.29) is 0 Å². The summed E-state index contributed by atoms with van der Waals surface area (Å²) in [6.07, 6.45) is 20.3. The van der Waals surface area contributed by atoms with Gasteiger partial charge in [0.15, 0.2) is 12.5 Å². The van der Waals surface area contributed by atoms with Gasteiger partial charge >= 0.3 is 0 Å². The minimum Gasteiger partial charge on any atom is -0.469 e. The minimum absolute atomic E-state index is 0.349. The average molecular weight is 227 g/mol. The van der Waals surface area contributed by atoms with E-state index in [1.165, 1.54) is 0 Å². The van der Waals surface area contributed by atoms with Crippen LogP contribution in [-0.4, -0.2) is 12.4 Å². The lowest BCUT2D eigenvalue weighted by molar-refractivity contribution is 0.244. The molecule has 3 nitrogen and oxygen atoms in total. The number of ether oxygens (including phenoxy) is 2. The van der Waals surface area contributed by atoms with Crippen molar-refractivity contribution in [3.63, 3.8) is 0 Å². The van der Waals surface area contributed by atoms with E-state index in [2.05, 4.69) is 4.99 Å².